The summed E-state index contributed by atoms with van der Waals surface area (Å²) >= 11 is 0. The van der Waals surface area contributed by atoms with E-state index in [1.807, 2.05) is 24.3 Å². The summed E-state index contributed by atoms with van der Waals surface area (Å²) in [5, 5.41) is 12.1. The van der Waals surface area contributed by atoms with Crippen molar-refractivity contribution < 1.29 is 14.7 Å². The van der Waals surface area contributed by atoms with E-state index >= 15 is 0 Å². The van der Waals surface area contributed by atoms with Gasteiger partial charge in [0.05, 0.1) is 13.2 Å². The highest BCUT2D eigenvalue weighted by Gasteiger charge is 2.50. The van der Waals surface area contributed by atoms with E-state index in [1.165, 1.54) is 11.3 Å². The fourth-order valence-corrected chi connectivity index (χ4v) is 3.60. The molecule has 23 heavy (non-hydrogen) atoms. The lowest BCUT2D eigenvalue weighted by molar-refractivity contribution is -0.132. The van der Waals surface area contributed by atoms with Crippen LogP contribution in [0.15, 0.2) is 24.3 Å². The molecule has 0 radical (unpaired) electrons. The molecule has 1 spiro atoms. The molecule has 1 aliphatic heterocycles. The van der Waals surface area contributed by atoms with E-state index in [0.717, 1.165) is 49.7 Å². The summed E-state index contributed by atoms with van der Waals surface area (Å²) in [6, 6.07) is 7.07. The van der Waals surface area contributed by atoms with Gasteiger partial charge in [-0.3, -0.25) is 9.69 Å². The Hall–Kier alpha value is -1.88. The fourth-order valence-electron chi connectivity index (χ4n) is 3.60. The second-order valence-corrected chi connectivity index (χ2v) is 6.65. The van der Waals surface area contributed by atoms with Crippen molar-refractivity contribution >= 4 is 11.9 Å². The monoisotopic (exact) mass is 316 g/mol. The lowest BCUT2D eigenvalue weighted by Crippen LogP contribution is -2.47. The number of aliphatic hydroxyl groups is 1. The average molecular weight is 316 g/mol. The van der Waals surface area contributed by atoms with Crippen LogP contribution in [0.25, 0.3) is 0 Å². The van der Waals surface area contributed by atoms with Crippen LogP contribution in [0.4, 0.5) is 4.79 Å². The standard InChI is InChI=1S/C18H24N2O3/c21-13-15-8-6-14(7-9-15)12-20-16(22)18(19-17(20)23)10-4-2-1-3-5-11-18/h6-9,21H,1-5,10-13H2,(H,19,23). The quantitative estimate of drug-likeness (QED) is 0.842. The number of benzene rings is 1. The molecule has 124 valence electrons. The molecule has 2 fully saturated rings. The summed E-state index contributed by atoms with van der Waals surface area (Å²) in [5.74, 6) is -0.0735. The Morgan fingerprint density at radius 2 is 1.52 bits per heavy atom. The highest BCUT2D eigenvalue weighted by Crippen LogP contribution is 2.32. The van der Waals surface area contributed by atoms with Gasteiger partial charge in [0.1, 0.15) is 5.54 Å². The molecule has 5 nitrogen and oxygen atoms in total. The Balaban J connectivity index is 1.74. The molecule has 2 N–H and O–H groups in total. The van der Waals surface area contributed by atoms with Gasteiger partial charge < -0.3 is 10.4 Å². The van der Waals surface area contributed by atoms with Crippen molar-refractivity contribution in [3.8, 4) is 0 Å². The molecule has 0 bridgehead atoms. The third-order valence-corrected chi connectivity index (χ3v) is 5.00. The van der Waals surface area contributed by atoms with Crippen LogP contribution in [-0.2, 0) is 17.9 Å². The first-order valence-corrected chi connectivity index (χ1v) is 8.47. The Labute approximate surface area is 136 Å². The number of carbonyl (C=O) groups excluding carboxylic acids is 2. The average Bonchev–Trinajstić information content (AvgIpc) is 2.77. The van der Waals surface area contributed by atoms with Crippen molar-refractivity contribution in [2.45, 2.75) is 63.6 Å². The van der Waals surface area contributed by atoms with Gasteiger partial charge in [0.2, 0.25) is 0 Å². The van der Waals surface area contributed by atoms with Crippen molar-refractivity contribution in [3.63, 3.8) is 0 Å². The number of amides is 3. The minimum absolute atomic E-state index is 0.00742. The van der Waals surface area contributed by atoms with Crippen LogP contribution in [0.1, 0.15) is 56.1 Å². The summed E-state index contributed by atoms with van der Waals surface area (Å²) in [6.07, 6.45) is 6.96. The van der Waals surface area contributed by atoms with Gasteiger partial charge in [-0.1, -0.05) is 56.4 Å². The third-order valence-electron chi connectivity index (χ3n) is 5.00. The topological polar surface area (TPSA) is 69.6 Å². The van der Waals surface area contributed by atoms with E-state index < -0.39 is 5.54 Å². The first-order valence-electron chi connectivity index (χ1n) is 8.47. The maximum absolute atomic E-state index is 12.9. The zero-order valence-electron chi connectivity index (χ0n) is 13.4. The summed E-state index contributed by atoms with van der Waals surface area (Å²) in [7, 11) is 0. The van der Waals surface area contributed by atoms with Crippen molar-refractivity contribution in [3.05, 3.63) is 35.4 Å². The molecule has 2 aliphatic rings. The first kappa shape index (κ1) is 16.0. The van der Waals surface area contributed by atoms with Crippen LogP contribution in [0.2, 0.25) is 0 Å². The third kappa shape index (κ3) is 3.24. The molecule has 3 rings (SSSR count). The van der Waals surface area contributed by atoms with E-state index in [9.17, 15) is 9.59 Å². The molecular formula is C18H24N2O3. The number of imide groups is 1. The molecule has 1 aromatic carbocycles. The maximum Gasteiger partial charge on any atom is 0.325 e. The number of carbonyl (C=O) groups is 2. The van der Waals surface area contributed by atoms with Crippen LogP contribution in [-0.4, -0.2) is 27.5 Å². The predicted molar refractivity (Wildman–Crippen MR) is 86.5 cm³/mol. The second-order valence-electron chi connectivity index (χ2n) is 6.65. The number of rotatable bonds is 3. The normalized spacial score (nSPS) is 21.2. The predicted octanol–water partition coefficient (Wildman–Crippen LogP) is 2.71. The molecule has 0 atom stereocenters. The maximum atomic E-state index is 12.9. The van der Waals surface area contributed by atoms with E-state index in [4.69, 9.17) is 5.11 Å². The van der Waals surface area contributed by atoms with Gasteiger partial charge in [-0.15, -0.1) is 0 Å². The van der Waals surface area contributed by atoms with Gasteiger partial charge in [-0.2, -0.15) is 0 Å². The molecule has 1 saturated carbocycles. The molecule has 1 saturated heterocycles. The molecule has 3 amide bonds. The summed E-state index contributed by atoms with van der Waals surface area (Å²) in [6.45, 7) is 0.282. The molecule has 1 heterocycles. The lowest BCUT2D eigenvalue weighted by Gasteiger charge is -2.28. The molecule has 5 heteroatoms. The SMILES string of the molecule is O=C1NC2(CCCCCCC2)C(=O)N1Cc1ccc(CO)cc1. The molecule has 0 unspecified atom stereocenters. The highest BCUT2D eigenvalue weighted by molar-refractivity contribution is 6.06. The van der Waals surface area contributed by atoms with Crippen LogP contribution in [0.3, 0.4) is 0 Å². The lowest BCUT2D eigenvalue weighted by atomic mass is 9.84. The molecular weight excluding hydrogens is 292 g/mol. The number of urea groups is 1. The van der Waals surface area contributed by atoms with Gasteiger partial charge in [-0.05, 0) is 24.0 Å². The summed E-state index contributed by atoms with van der Waals surface area (Å²) in [5.41, 5.74) is 1.04. The summed E-state index contributed by atoms with van der Waals surface area (Å²) in [4.78, 5) is 26.6. The van der Waals surface area contributed by atoms with Gasteiger partial charge in [0.25, 0.3) is 5.91 Å². The Bertz CT molecular complexity index is 574. The molecule has 0 aromatic heterocycles. The van der Waals surface area contributed by atoms with Crippen molar-refractivity contribution in [2.24, 2.45) is 0 Å². The Kier molecular flexibility index (Phi) is 4.66. The van der Waals surface area contributed by atoms with Crippen molar-refractivity contribution in [2.75, 3.05) is 0 Å². The van der Waals surface area contributed by atoms with Gasteiger partial charge in [0.15, 0.2) is 0 Å². The fraction of sp³-hybridized carbons (Fsp3) is 0.556. The minimum Gasteiger partial charge on any atom is -0.392 e. The molecule has 1 aromatic rings. The number of aliphatic hydroxyl groups excluding tert-OH is 1. The van der Waals surface area contributed by atoms with E-state index in [0.29, 0.717) is 0 Å². The number of nitrogens with one attached hydrogen (secondary N) is 1. The van der Waals surface area contributed by atoms with Crippen LogP contribution in [0, 0.1) is 0 Å². The van der Waals surface area contributed by atoms with Crippen molar-refractivity contribution in [1.82, 2.24) is 10.2 Å². The Morgan fingerprint density at radius 1 is 0.957 bits per heavy atom. The number of hydrogen-bond donors (Lipinski definition) is 2. The Morgan fingerprint density at radius 3 is 2.13 bits per heavy atom. The van der Waals surface area contributed by atoms with Crippen LogP contribution < -0.4 is 5.32 Å². The molecule has 1 aliphatic carbocycles. The summed E-state index contributed by atoms with van der Waals surface area (Å²) < 4.78 is 0. The number of hydrogen-bond acceptors (Lipinski definition) is 3. The van der Waals surface area contributed by atoms with Crippen LogP contribution in [0.5, 0.6) is 0 Å². The zero-order chi connectivity index (χ0) is 16.3. The van der Waals surface area contributed by atoms with E-state index in [2.05, 4.69) is 5.32 Å². The van der Waals surface area contributed by atoms with Gasteiger partial charge in [-0.25, -0.2) is 4.79 Å². The van der Waals surface area contributed by atoms with Crippen molar-refractivity contribution in [1.29, 1.82) is 0 Å². The highest BCUT2D eigenvalue weighted by atomic mass is 16.3. The number of nitrogens with zero attached hydrogens (tertiary/aromatic N) is 1. The van der Waals surface area contributed by atoms with E-state index in [-0.39, 0.29) is 25.1 Å². The van der Waals surface area contributed by atoms with Gasteiger partial charge >= 0.3 is 6.03 Å². The first-order chi connectivity index (χ1) is 11.1. The minimum atomic E-state index is -0.678. The van der Waals surface area contributed by atoms with E-state index in [1.54, 1.807) is 0 Å². The smallest absolute Gasteiger partial charge is 0.325 e. The second kappa shape index (κ2) is 6.71. The van der Waals surface area contributed by atoms with Crippen LogP contribution >= 0.6 is 0 Å². The largest absolute Gasteiger partial charge is 0.392 e. The zero-order valence-corrected chi connectivity index (χ0v) is 13.4. The van der Waals surface area contributed by atoms with Gasteiger partial charge in [0, 0.05) is 0 Å².